The van der Waals surface area contributed by atoms with Crippen molar-refractivity contribution in [2.75, 3.05) is 11.5 Å². The number of benzene rings is 8. The maximum absolute atomic E-state index is 14.8. The van der Waals surface area contributed by atoms with Crippen molar-refractivity contribution in [3.8, 4) is 0 Å². The van der Waals surface area contributed by atoms with E-state index >= 15 is 0 Å². The Bertz CT molecular complexity index is 2840. The van der Waals surface area contributed by atoms with Gasteiger partial charge < -0.3 is 10.8 Å². The van der Waals surface area contributed by atoms with E-state index < -0.39 is 57.1 Å². The first-order chi connectivity index (χ1) is 34.1. The van der Waals surface area contributed by atoms with Crippen LogP contribution >= 0.6 is 23.5 Å². The zero-order chi connectivity index (χ0) is 48.6. The first-order valence-corrected chi connectivity index (χ1v) is 24.5. The molecule has 0 unspecified atom stereocenters. The van der Waals surface area contributed by atoms with E-state index in [1.807, 2.05) is 182 Å². The Balaban J connectivity index is 1.00. The van der Waals surface area contributed by atoms with Gasteiger partial charge in [0.25, 0.3) is 23.6 Å². The third-order valence-corrected chi connectivity index (χ3v) is 16.4. The zero-order valence-electron chi connectivity index (χ0n) is 37.4. The number of carboxylic acid groups (broad SMARTS) is 1. The molecule has 5 amide bonds. The van der Waals surface area contributed by atoms with Gasteiger partial charge in [0, 0.05) is 44.5 Å². The fourth-order valence-electron chi connectivity index (χ4n) is 9.96. The maximum atomic E-state index is 14.8. The first kappa shape index (κ1) is 45.7. The number of thioether (sulfide) groups is 2. The molecule has 0 fully saturated rings. The van der Waals surface area contributed by atoms with E-state index in [1.54, 1.807) is 0 Å². The lowest BCUT2D eigenvalue weighted by atomic mass is 9.84. The van der Waals surface area contributed by atoms with Crippen LogP contribution in [0.1, 0.15) is 74.8 Å². The summed E-state index contributed by atoms with van der Waals surface area (Å²) >= 11 is 2.67. The molecule has 0 aliphatic carbocycles. The van der Waals surface area contributed by atoms with Crippen molar-refractivity contribution in [2.24, 2.45) is 5.73 Å². The molecule has 0 spiro atoms. The van der Waals surface area contributed by atoms with Crippen LogP contribution in [-0.4, -0.2) is 74.0 Å². The molecule has 344 valence electrons. The highest BCUT2D eigenvalue weighted by Gasteiger charge is 2.48. The van der Waals surface area contributed by atoms with Crippen molar-refractivity contribution >= 4 is 69.8 Å². The molecule has 2 atom stereocenters. The zero-order valence-corrected chi connectivity index (χ0v) is 39.0. The highest BCUT2D eigenvalue weighted by molar-refractivity contribution is 8.01. The highest BCUT2D eigenvalue weighted by Crippen LogP contribution is 2.51. The number of imide groups is 2. The Morgan fingerprint density at radius 2 is 0.629 bits per heavy atom. The van der Waals surface area contributed by atoms with Gasteiger partial charge in [0.1, 0.15) is 12.1 Å². The van der Waals surface area contributed by atoms with Gasteiger partial charge in [-0.1, -0.05) is 182 Å². The molecule has 2 aliphatic rings. The van der Waals surface area contributed by atoms with Crippen molar-refractivity contribution < 1.29 is 33.9 Å². The second kappa shape index (κ2) is 18.8. The van der Waals surface area contributed by atoms with Crippen LogP contribution < -0.4 is 5.73 Å². The number of nitrogens with two attached hydrogens (primary N) is 1. The number of rotatable bonds is 16. The maximum Gasteiger partial charge on any atom is 0.327 e. The monoisotopic (exact) mass is 957 g/mol. The highest BCUT2D eigenvalue weighted by atomic mass is 32.2. The first-order valence-electron chi connectivity index (χ1n) is 22.6. The summed E-state index contributed by atoms with van der Waals surface area (Å²) in [4.78, 5) is 87.9. The van der Waals surface area contributed by atoms with Gasteiger partial charge >= 0.3 is 5.97 Å². The topological polar surface area (TPSA) is 155 Å². The number of hydrogen-bond donors (Lipinski definition) is 2. The Morgan fingerprint density at radius 3 is 0.857 bits per heavy atom. The summed E-state index contributed by atoms with van der Waals surface area (Å²) in [5, 5.41) is 11.1. The second-order valence-corrected chi connectivity index (χ2v) is 19.5. The third kappa shape index (κ3) is 7.56. The van der Waals surface area contributed by atoms with Crippen LogP contribution in [0.25, 0.3) is 10.8 Å². The normalized spacial score (nSPS) is 14.4. The number of primary amides is 1. The molecular formula is C58H43N3O7S2. The minimum Gasteiger partial charge on any atom is -0.480 e. The third-order valence-electron chi connectivity index (χ3n) is 13.2. The molecule has 0 saturated carbocycles. The number of carbonyl (C=O) groups is 6. The average Bonchev–Trinajstić information content (AvgIpc) is 3.40. The van der Waals surface area contributed by atoms with Crippen molar-refractivity contribution in [3.05, 3.63) is 262 Å². The summed E-state index contributed by atoms with van der Waals surface area (Å²) in [6, 6.07) is 60.7. The summed E-state index contributed by atoms with van der Waals surface area (Å²) in [5.74, 6) is -6.01. The van der Waals surface area contributed by atoms with Crippen LogP contribution in [0.2, 0.25) is 0 Å². The van der Waals surface area contributed by atoms with E-state index in [2.05, 4.69) is 0 Å². The van der Waals surface area contributed by atoms with Crippen LogP contribution in [-0.2, 0) is 19.1 Å². The Kier molecular flexibility index (Phi) is 12.3. The smallest absolute Gasteiger partial charge is 0.327 e. The minimum absolute atomic E-state index is 0.00958. The number of carbonyl (C=O) groups excluding carboxylic acids is 5. The summed E-state index contributed by atoms with van der Waals surface area (Å²) < 4.78 is -1.87. The molecule has 0 aromatic heterocycles. The molecular weight excluding hydrogens is 915 g/mol. The summed E-state index contributed by atoms with van der Waals surface area (Å²) in [6.07, 6.45) is 0. The molecule has 2 heterocycles. The van der Waals surface area contributed by atoms with Crippen LogP contribution in [0.3, 0.4) is 0 Å². The lowest BCUT2D eigenvalue weighted by Crippen LogP contribution is -2.55. The predicted octanol–water partition coefficient (Wildman–Crippen LogP) is 9.79. The molecule has 8 aromatic rings. The number of carboxylic acids is 1. The van der Waals surface area contributed by atoms with Crippen molar-refractivity contribution in [1.29, 1.82) is 0 Å². The van der Waals surface area contributed by atoms with E-state index in [0.717, 1.165) is 43.2 Å². The summed E-state index contributed by atoms with van der Waals surface area (Å²) in [5.41, 5.74) is 11.3. The molecule has 0 radical (unpaired) electrons. The number of hydrogen-bond acceptors (Lipinski definition) is 8. The summed E-state index contributed by atoms with van der Waals surface area (Å²) in [6.45, 7) is 0. The van der Waals surface area contributed by atoms with E-state index in [4.69, 9.17) is 5.73 Å². The molecule has 10 nitrogen and oxygen atoms in total. The van der Waals surface area contributed by atoms with Crippen LogP contribution in [0, 0.1) is 0 Å². The van der Waals surface area contributed by atoms with Gasteiger partial charge in [0.2, 0.25) is 5.91 Å². The SMILES string of the molecule is NC(=O)[C@H](CSC(c1ccccc1)(c1ccccc1)c1ccccc1)N1C(=O)c2ccc3c4c(ccc(c24)C1=O)C(=O)N([C@@H](CSC(c1ccccc1)(c1ccccc1)c1ccccc1)C(=O)O)C3=O. The number of nitrogens with zero attached hydrogens (tertiary/aromatic N) is 2. The van der Waals surface area contributed by atoms with Gasteiger partial charge in [-0.05, 0) is 57.6 Å². The van der Waals surface area contributed by atoms with Crippen molar-refractivity contribution in [3.63, 3.8) is 0 Å². The largest absolute Gasteiger partial charge is 0.480 e. The lowest BCUT2D eigenvalue weighted by Gasteiger charge is -2.39. The van der Waals surface area contributed by atoms with Gasteiger partial charge in [-0.2, -0.15) is 0 Å². The van der Waals surface area contributed by atoms with Crippen LogP contribution in [0.4, 0.5) is 0 Å². The number of aliphatic carboxylic acids is 1. The van der Waals surface area contributed by atoms with Crippen LogP contribution in [0.15, 0.2) is 206 Å². The van der Waals surface area contributed by atoms with Gasteiger partial charge in [-0.25, -0.2) is 4.79 Å². The molecule has 2 aliphatic heterocycles. The lowest BCUT2D eigenvalue weighted by molar-refractivity contribution is -0.140. The molecule has 0 saturated heterocycles. The minimum atomic E-state index is -1.64. The number of amides is 5. The standard InChI is InChI=1S/C58H43N3O7S2/c59-51(62)47(35-69-57(37-19-7-1-8-20-37,38-21-9-2-10-22-38)39-23-11-3-12-24-39)60-52(63)43-31-33-45-50-46(34-32-44(49(43)50)53(60)64)55(66)61(54(45)65)48(56(67)68)36-70-58(40-25-13-4-14-26-40,41-27-15-5-16-28-41)42-29-17-6-18-30-42/h1-34,47-48H,35-36H2,(H2,59,62)(H,67,68)/t47-,48-/m0/s1. The van der Waals surface area contributed by atoms with Gasteiger partial charge in [-0.3, -0.25) is 33.8 Å². The molecule has 3 N–H and O–H groups in total. The Labute approximate surface area is 412 Å². The quantitative estimate of drug-likeness (QED) is 0.0712. The van der Waals surface area contributed by atoms with Crippen molar-refractivity contribution in [2.45, 2.75) is 21.6 Å². The van der Waals surface area contributed by atoms with E-state index in [-0.39, 0.29) is 44.5 Å². The Hall–Kier alpha value is -8.06. The van der Waals surface area contributed by atoms with E-state index in [9.17, 15) is 33.9 Å². The van der Waals surface area contributed by atoms with Crippen molar-refractivity contribution in [1.82, 2.24) is 9.80 Å². The Morgan fingerprint density at radius 1 is 0.400 bits per heavy atom. The van der Waals surface area contributed by atoms with Gasteiger partial charge in [0.15, 0.2) is 0 Å². The average molecular weight is 958 g/mol. The van der Waals surface area contributed by atoms with Gasteiger partial charge in [0.05, 0.1) is 9.49 Å². The summed E-state index contributed by atoms with van der Waals surface area (Å²) in [7, 11) is 0. The van der Waals surface area contributed by atoms with Crippen LogP contribution in [0.5, 0.6) is 0 Å². The van der Waals surface area contributed by atoms with E-state index in [1.165, 1.54) is 47.8 Å². The second-order valence-electron chi connectivity index (χ2n) is 17.0. The fraction of sp³-hybridized carbons (Fsp3) is 0.103. The molecule has 10 rings (SSSR count). The molecule has 70 heavy (non-hydrogen) atoms. The molecule has 0 bridgehead atoms. The fourth-order valence-corrected chi connectivity index (χ4v) is 13.2. The molecule has 12 heteroatoms. The molecule has 8 aromatic carbocycles. The van der Waals surface area contributed by atoms with E-state index in [0.29, 0.717) is 0 Å². The van der Waals surface area contributed by atoms with Gasteiger partial charge in [-0.15, -0.1) is 23.5 Å². The predicted molar refractivity (Wildman–Crippen MR) is 273 cm³/mol.